The van der Waals surface area contributed by atoms with E-state index in [2.05, 4.69) is 21.6 Å². The second kappa shape index (κ2) is 11.0. The Bertz CT molecular complexity index is 886. The molecule has 6 heteroatoms. The molecule has 1 aliphatic rings. The average molecular weight is 424 g/mol. The number of nitrogens with one attached hydrogen (secondary N) is 2. The topological polar surface area (TPSA) is 70.7 Å². The zero-order valence-electron chi connectivity index (χ0n) is 18.7. The van der Waals surface area contributed by atoms with Gasteiger partial charge in [0.2, 0.25) is 5.91 Å². The zero-order valence-corrected chi connectivity index (χ0v) is 18.7. The predicted octanol–water partition coefficient (Wildman–Crippen LogP) is 3.39. The van der Waals surface area contributed by atoms with Crippen molar-refractivity contribution >= 4 is 11.8 Å². The Balaban J connectivity index is 1.61. The molecule has 1 atom stereocenters. The van der Waals surface area contributed by atoms with Gasteiger partial charge in [0.1, 0.15) is 5.75 Å². The van der Waals surface area contributed by atoms with Crippen LogP contribution in [0.25, 0.3) is 0 Å². The molecule has 2 aromatic carbocycles. The molecule has 0 aliphatic carbocycles. The smallest absolute Gasteiger partial charge is 0.251 e. The number of nitrogens with zero attached hydrogens (tertiary/aromatic N) is 1. The summed E-state index contributed by atoms with van der Waals surface area (Å²) in [7, 11) is 1.67. The molecule has 1 aliphatic heterocycles. The number of carbonyl (C=O) groups is 2. The van der Waals surface area contributed by atoms with Gasteiger partial charge < -0.3 is 15.4 Å². The molecule has 6 nitrogen and oxygen atoms in total. The van der Waals surface area contributed by atoms with Gasteiger partial charge in [0.05, 0.1) is 19.7 Å². The van der Waals surface area contributed by atoms with Crippen molar-refractivity contribution in [1.82, 2.24) is 15.5 Å². The maximum atomic E-state index is 12.5. The van der Waals surface area contributed by atoms with Crippen molar-refractivity contribution in [2.24, 2.45) is 0 Å². The van der Waals surface area contributed by atoms with Gasteiger partial charge in [-0.25, -0.2) is 0 Å². The molecule has 0 aromatic heterocycles. The third-order valence-corrected chi connectivity index (χ3v) is 5.72. The zero-order chi connectivity index (χ0) is 22.2. The van der Waals surface area contributed by atoms with Crippen LogP contribution in [-0.4, -0.2) is 50.0 Å². The molecular formula is C25H33N3O3. The van der Waals surface area contributed by atoms with Crippen LogP contribution in [0.3, 0.4) is 0 Å². The van der Waals surface area contributed by atoms with E-state index >= 15 is 0 Å². The molecule has 1 saturated heterocycles. The highest BCUT2D eigenvalue weighted by Crippen LogP contribution is 2.30. The van der Waals surface area contributed by atoms with E-state index in [4.69, 9.17) is 4.74 Å². The Morgan fingerprint density at radius 3 is 2.35 bits per heavy atom. The number of piperidine rings is 1. The fourth-order valence-electron chi connectivity index (χ4n) is 4.25. The van der Waals surface area contributed by atoms with E-state index < -0.39 is 0 Å². The third kappa shape index (κ3) is 6.31. The van der Waals surface area contributed by atoms with Crippen LogP contribution in [0.2, 0.25) is 0 Å². The monoisotopic (exact) mass is 423 g/mol. The van der Waals surface area contributed by atoms with Crippen molar-refractivity contribution in [3.05, 3.63) is 64.7 Å². The first-order valence-electron chi connectivity index (χ1n) is 11.0. The first-order chi connectivity index (χ1) is 15.0. The molecule has 2 aromatic rings. The van der Waals surface area contributed by atoms with Gasteiger partial charge in [0.15, 0.2) is 0 Å². The number of hydrogen-bond acceptors (Lipinski definition) is 4. The maximum Gasteiger partial charge on any atom is 0.251 e. The lowest BCUT2D eigenvalue weighted by atomic mass is 10.0. The van der Waals surface area contributed by atoms with Crippen LogP contribution in [0, 0.1) is 13.8 Å². The molecule has 166 valence electrons. The summed E-state index contributed by atoms with van der Waals surface area (Å²) in [6.45, 7) is 6.33. The molecule has 3 rings (SSSR count). The number of methoxy groups -OCH3 is 1. The lowest BCUT2D eigenvalue weighted by molar-refractivity contribution is -0.120. The Morgan fingerprint density at radius 1 is 1.00 bits per heavy atom. The highest BCUT2D eigenvalue weighted by atomic mass is 16.5. The molecule has 1 unspecified atom stereocenters. The average Bonchev–Trinajstić information content (AvgIpc) is 2.78. The summed E-state index contributed by atoms with van der Waals surface area (Å²) in [5.74, 6) is 0.393. The van der Waals surface area contributed by atoms with Crippen molar-refractivity contribution in [1.29, 1.82) is 0 Å². The Hall–Kier alpha value is -2.86. The van der Waals surface area contributed by atoms with Gasteiger partial charge in [0.25, 0.3) is 5.91 Å². The van der Waals surface area contributed by atoms with Crippen LogP contribution in [0.5, 0.6) is 5.75 Å². The van der Waals surface area contributed by atoms with Crippen molar-refractivity contribution in [3.8, 4) is 5.75 Å². The lowest BCUT2D eigenvalue weighted by Gasteiger charge is -2.35. The van der Waals surface area contributed by atoms with Crippen LogP contribution >= 0.6 is 0 Å². The Morgan fingerprint density at radius 2 is 1.68 bits per heavy atom. The Kier molecular flexibility index (Phi) is 8.06. The molecule has 0 radical (unpaired) electrons. The molecule has 1 heterocycles. The fraction of sp³-hybridized carbons (Fsp3) is 0.440. The summed E-state index contributed by atoms with van der Waals surface area (Å²) in [5.41, 5.74) is 3.70. The number of benzene rings is 2. The number of likely N-dealkylation sites (tertiary alicyclic amines) is 1. The molecular weight excluding hydrogens is 390 g/mol. The van der Waals surface area contributed by atoms with Gasteiger partial charge in [0, 0.05) is 17.7 Å². The predicted molar refractivity (Wildman–Crippen MR) is 122 cm³/mol. The van der Waals surface area contributed by atoms with Gasteiger partial charge in [-0.2, -0.15) is 0 Å². The standard InChI is InChI=1S/C25H33N3O3/c1-18-13-19(2)15-20(14-18)25(30)27-17-24(29)26-16-22(28-11-7-4-8-12-28)21-9-5-6-10-23(21)31-3/h5-6,9-10,13-15,22H,4,7-8,11-12,16-17H2,1-3H3,(H,26,29)(H,27,30). The van der Waals surface area contributed by atoms with Crippen molar-refractivity contribution in [2.75, 3.05) is 33.3 Å². The first kappa shape index (κ1) is 22.8. The number of ether oxygens (including phenoxy) is 1. The van der Waals surface area contributed by atoms with Gasteiger partial charge in [-0.15, -0.1) is 0 Å². The minimum absolute atomic E-state index is 0.0375. The minimum Gasteiger partial charge on any atom is -0.496 e. The van der Waals surface area contributed by atoms with E-state index in [1.54, 1.807) is 7.11 Å². The number of rotatable bonds is 8. The van der Waals surface area contributed by atoms with E-state index in [9.17, 15) is 9.59 Å². The first-order valence-corrected chi connectivity index (χ1v) is 11.0. The summed E-state index contributed by atoms with van der Waals surface area (Å²) in [6.07, 6.45) is 3.56. The van der Waals surface area contributed by atoms with Gasteiger partial charge in [-0.1, -0.05) is 41.8 Å². The summed E-state index contributed by atoms with van der Waals surface area (Å²) in [4.78, 5) is 27.4. The van der Waals surface area contributed by atoms with Gasteiger partial charge in [-0.05, 0) is 58.0 Å². The minimum atomic E-state index is -0.237. The lowest BCUT2D eigenvalue weighted by Crippen LogP contribution is -2.43. The number of hydrogen-bond donors (Lipinski definition) is 2. The molecule has 1 fully saturated rings. The second-order valence-electron chi connectivity index (χ2n) is 8.22. The summed E-state index contributed by atoms with van der Waals surface area (Å²) >= 11 is 0. The van der Waals surface area contributed by atoms with E-state index in [0.29, 0.717) is 12.1 Å². The number of para-hydroxylation sites is 1. The summed E-state index contributed by atoms with van der Waals surface area (Å²) in [5, 5.41) is 5.74. The quantitative estimate of drug-likeness (QED) is 0.683. The third-order valence-electron chi connectivity index (χ3n) is 5.72. The van der Waals surface area contributed by atoms with E-state index in [-0.39, 0.29) is 24.4 Å². The highest BCUT2D eigenvalue weighted by molar-refractivity contribution is 5.96. The fourth-order valence-corrected chi connectivity index (χ4v) is 4.25. The van der Waals surface area contributed by atoms with E-state index in [1.165, 1.54) is 6.42 Å². The van der Waals surface area contributed by atoms with Crippen molar-refractivity contribution in [3.63, 3.8) is 0 Å². The summed E-state index contributed by atoms with van der Waals surface area (Å²) < 4.78 is 5.57. The van der Waals surface area contributed by atoms with Crippen LogP contribution in [0.15, 0.2) is 42.5 Å². The molecule has 2 N–H and O–H groups in total. The van der Waals surface area contributed by atoms with E-state index in [0.717, 1.165) is 48.4 Å². The van der Waals surface area contributed by atoms with Crippen molar-refractivity contribution < 1.29 is 14.3 Å². The number of aryl methyl sites for hydroxylation is 2. The van der Waals surface area contributed by atoms with Crippen LogP contribution in [-0.2, 0) is 4.79 Å². The maximum absolute atomic E-state index is 12.5. The molecule has 0 saturated carbocycles. The van der Waals surface area contributed by atoms with Crippen LogP contribution in [0.4, 0.5) is 0 Å². The van der Waals surface area contributed by atoms with Crippen molar-refractivity contribution in [2.45, 2.75) is 39.2 Å². The molecule has 2 amide bonds. The molecule has 0 bridgehead atoms. The second-order valence-corrected chi connectivity index (χ2v) is 8.22. The normalized spacial score (nSPS) is 15.2. The van der Waals surface area contributed by atoms with Gasteiger partial charge >= 0.3 is 0 Å². The number of amides is 2. The Labute approximate surface area is 185 Å². The van der Waals surface area contributed by atoms with Gasteiger partial charge in [-0.3, -0.25) is 14.5 Å². The van der Waals surface area contributed by atoms with Crippen LogP contribution < -0.4 is 15.4 Å². The summed E-state index contributed by atoms with van der Waals surface area (Å²) in [6, 6.07) is 13.7. The number of carbonyl (C=O) groups excluding carboxylic acids is 2. The SMILES string of the molecule is COc1ccccc1C(CNC(=O)CNC(=O)c1cc(C)cc(C)c1)N1CCCCC1. The van der Waals surface area contributed by atoms with Crippen LogP contribution in [0.1, 0.15) is 52.4 Å². The largest absolute Gasteiger partial charge is 0.496 e. The highest BCUT2D eigenvalue weighted by Gasteiger charge is 2.25. The molecule has 31 heavy (non-hydrogen) atoms. The van der Waals surface area contributed by atoms with E-state index in [1.807, 2.05) is 50.2 Å². The molecule has 0 spiro atoms.